The Labute approximate surface area is 142 Å². The number of likely N-dealkylation sites (tertiary alicyclic amines) is 1. The second-order valence-electron chi connectivity index (χ2n) is 6.59. The zero-order valence-corrected chi connectivity index (χ0v) is 14.2. The zero-order chi connectivity index (χ0) is 16.9. The molecule has 0 saturated carbocycles. The molecular weight excluding hydrogens is 304 g/mol. The predicted octanol–water partition coefficient (Wildman–Crippen LogP) is 2.59. The number of hydrogen-bond donors (Lipinski definition) is 1. The number of aromatic nitrogens is 2. The molecule has 6 nitrogen and oxygen atoms in total. The fraction of sp³-hybridized carbons (Fsp3) is 0.500. The highest BCUT2D eigenvalue weighted by molar-refractivity contribution is 5.94. The van der Waals surface area contributed by atoms with Gasteiger partial charge in [-0.05, 0) is 25.0 Å². The topological polar surface area (TPSA) is 71.3 Å². The van der Waals surface area contributed by atoms with Crippen LogP contribution >= 0.6 is 0 Å². The van der Waals surface area contributed by atoms with E-state index in [-0.39, 0.29) is 17.9 Å². The standard InChI is InChI=1S/C18H24N4O2/c1-13(2)17-20-16(24-21-17)12-22-10-8-15(9-11-22)19-18(23)14-6-4-3-5-7-14/h3-7,13,15H,8-12H2,1-2H3,(H,19,23). The molecule has 1 aromatic heterocycles. The highest BCUT2D eigenvalue weighted by Gasteiger charge is 2.22. The van der Waals surface area contributed by atoms with Gasteiger partial charge in [-0.15, -0.1) is 0 Å². The number of hydrogen-bond acceptors (Lipinski definition) is 5. The van der Waals surface area contributed by atoms with E-state index in [1.54, 1.807) is 0 Å². The van der Waals surface area contributed by atoms with Gasteiger partial charge in [0.2, 0.25) is 5.89 Å². The molecular formula is C18H24N4O2. The Hall–Kier alpha value is -2.21. The Bertz CT molecular complexity index is 661. The van der Waals surface area contributed by atoms with Gasteiger partial charge in [-0.2, -0.15) is 4.98 Å². The molecule has 3 rings (SSSR count). The van der Waals surface area contributed by atoms with E-state index in [1.165, 1.54) is 0 Å². The SMILES string of the molecule is CC(C)c1noc(CN2CCC(NC(=O)c3ccccc3)CC2)n1. The summed E-state index contributed by atoms with van der Waals surface area (Å²) in [7, 11) is 0. The van der Waals surface area contributed by atoms with E-state index in [0.717, 1.165) is 31.8 Å². The molecule has 0 spiro atoms. The first kappa shape index (κ1) is 16.6. The number of nitrogens with zero attached hydrogens (tertiary/aromatic N) is 3. The second-order valence-corrected chi connectivity index (χ2v) is 6.59. The highest BCUT2D eigenvalue weighted by Crippen LogP contribution is 2.15. The summed E-state index contributed by atoms with van der Waals surface area (Å²) in [5, 5.41) is 7.12. The van der Waals surface area contributed by atoms with Crippen molar-refractivity contribution in [1.29, 1.82) is 0 Å². The van der Waals surface area contributed by atoms with Gasteiger partial charge in [-0.1, -0.05) is 37.2 Å². The minimum absolute atomic E-state index is 0.00697. The van der Waals surface area contributed by atoms with Gasteiger partial charge >= 0.3 is 0 Å². The first-order chi connectivity index (χ1) is 11.6. The van der Waals surface area contributed by atoms with Crippen molar-refractivity contribution in [1.82, 2.24) is 20.4 Å². The minimum Gasteiger partial charge on any atom is -0.349 e. The van der Waals surface area contributed by atoms with Crippen LogP contribution in [-0.4, -0.2) is 40.1 Å². The Morgan fingerprint density at radius 2 is 2.00 bits per heavy atom. The average Bonchev–Trinajstić information content (AvgIpc) is 3.06. The van der Waals surface area contributed by atoms with Crippen LogP contribution in [0.25, 0.3) is 0 Å². The van der Waals surface area contributed by atoms with Crippen LogP contribution in [0.15, 0.2) is 34.9 Å². The summed E-state index contributed by atoms with van der Waals surface area (Å²) < 4.78 is 5.31. The van der Waals surface area contributed by atoms with Crippen molar-refractivity contribution in [3.63, 3.8) is 0 Å². The smallest absolute Gasteiger partial charge is 0.251 e. The number of benzene rings is 1. The molecule has 1 aliphatic rings. The van der Waals surface area contributed by atoms with Crippen molar-refractivity contribution in [2.24, 2.45) is 0 Å². The average molecular weight is 328 g/mol. The molecule has 1 saturated heterocycles. The molecule has 6 heteroatoms. The molecule has 24 heavy (non-hydrogen) atoms. The van der Waals surface area contributed by atoms with E-state index < -0.39 is 0 Å². The summed E-state index contributed by atoms with van der Waals surface area (Å²) in [6.45, 7) is 6.61. The molecule has 0 radical (unpaired) electrons. The zero-order valence-electron chi connectivity index (χ0n) is 14.2. The fourth-order valence-corrected chi connectivity index (χ4v) is 2.85. The summed E-state index contributed by atoms with van der Waals surface area (Å²) >= 11 is 0. The van der Waals surface area contributed by atoms with Crippen LogP contribution in [0, 0.1) is 0 Å². The number of nitrogens with one attached hydrogen (secondary N) is 1. The number of carbonyl (C=O) groups is 1. The molecule has 1 amide bonds. The molecule has 128 valence electrons. The van der Waals surface area contributed by atoms with Gasteiger partial charge in [-0.3, -0.25) is 9.69 Å². The molecule has 0 atom stereocenters. The third kappa shape index (κ3) is 4.20. The Kier molecular flexibility index (Phi) is 5.25. The van der Waals surface area contributed by atoms with Crippen molar-refractivity contribution in [2.75, 3.05) is 13.1 Å². The van der Waals surface area contributed by atoms with Crippen LogP contribution < -0.4 is 5.32 Å². The molecule has 1 aliphatic heterocycles. The van der Waals surface area contributed by atoms with Gasteiger partial charge < -0.3 is 9.84 Å². The van der Waals surface area contributed by atoms with Gasteiger partial charge in [0.1, 0.15) is 0 Å². The van der Waals surface area contributed by atoms with Gasteiger partial charge in [0.25, 0.3) is 5.91 Å². The van der Waals surface area contributed by atoms with Crippen LogP contribution in [0.4, 0.5) is 0 Å². The maximum Gasteiger partial charge on any atom is 0.251 e. The van der Waals surface area contributed by atoms with Crippen molar-refractivity contribution < 1.29 is 9.32 Å². The van der Waals surface area contributed by atoms with Gasteiger partial charge in [-0.25, -0.2) is 0 Å². The first-order valence-corrected chi connectivity index (χ1v) is 8.52. The molecule has 0 aliphatic carbocycles. The second kappa shape index (κ2) is 7.57. The largest absolute Gasteiger partial charge is 0.349 e. The third-order valence-electron chi connectivity index (χ3n) is 4.32. The Balaban J connectivity index is 1.46. The van der Waals surface area contributed by atoms with Crippen LogP contribution in [-0.2, 0) is 6.54 Å². The van der Waals surface area contributed by atoms with Crippen molar-refractivity contribution >= 4 is 5.91 Å². The Morgan fingerprint density at radius 1 is 1.29 bits per heavy atom. The molecule has 0 bridgehead atoms. The number of piperidine rings is 1. The third-order valence-corrected chi connectivity index (χ3v) is 4.32. The molecule has 1 aromatic carbocycles. The summed E-state index contributed by atoms with van der Waals surface area (Å²) in [4.78, 5) is 18.9. The fourth-order valence-electron chi connectivity index (χ4n) is 2.85. The van der Waals surface area contributed by atoms with E-state index in [2.05, 4.69) is 34.2 Å². The molecule has 1 N–H and O–H groups in total. The lowest BCUT2D eigenvalue weighted by molar-refractivity contribution is 0.0904. The molecule has 1 fully saturated rings. The summed E-state index contributed by atoms with van der Waals surface area (Å²) in [5.74, 6) is 1.72. The van der Waals surface area contributed by atoms with Gasteiger partial charge in [0, 0.05) is 30.6 Å². The summed E-state index contributed by atoms with van der Waals surface area (Å²) in [6, 6.07) is 9.58. The van der Waals surface area contributed by atoms with E-state index in [0.29, 0.717) is 18.0 Å². The molecule has 2 heterocycles. The maximum absolute atomic E-state index is 12.2. The maximum atomic E-state index is 12.2. The van der Waals surface area contributed by atoms with Crippen LogP contribution in [0.5, 0.6) is 0 Å². The van der Waals surface area contributed by atoms with Gasteiger partial charge in [0.15, 0.2) is 5.82 Å². The lowest BCUT2D eigenvalue weighted by Gasteiger charge is -2.31. The predicted molar refractivity (Wildman–Crippen MR) is 90.6 cm³/mol. The molecule has 2 aromatic rings. The minimum atomic E-state index is 0.00697. The quantitative estimate of drug-likeness (QED) is 0.913. The molecule has 0 unspecified atom stereocenters. The van der Waals surface area contributed by atoms with Crippen LogP contribution in [0.1, 0.15) is 54.7 Å². The van der Waals surface area contributed by atoms with Crippen LogP contribution in [0.2, 0.25) is 0 Å². The van der Waals surface area contributed by atoms with E-state index in [4.69, 9.17) is 4.52 Å². The van der Waals surface area contributed by atoms with Crippen molar-refractivity contribution in [3.8, 4) is 0 Å². The van der Waals surface area contributed by atoms with E-state index in [9.17, 15) is 4.79 Å². The Morgan fingerprint density at radius 3 is 2.62 bits per heavy atom. The summed E-state index contributed by atoms with van der Waals surface area (Å²) in [6.07, 6.45) is 1.87. The summed E-state index contributed by atoms with van der Waals surface area (Å²) in [5.41, 5.74) is 0.715. The van der Waals surface area contributed by atoms with Crippen molar-refractivity contribution in [3.05, 3.63) is 47.6 Å². The monoisotopic (exact) mass is 328 g/mol. The lowest BCUT2D eigenvalue weighted by atomic mass is 10.0. The highest BCUT2D eigenvalue weighted by atomic mass is 16.5. The van der Waals surface area contributed by atoms with Crippen LogP contribution in [0.3, 0.4) is 0 Å². The van der Waals surface area contributed by atoms with Crippen molar-refractivity contribution in [2.45, 2.75) is 45.2 Å². The number of carbonyl (C=O) groups excluding carboxylic acids is 1. The van der Waals surface area contributed by atoms with Gasteiger partial charge in [0.05, 0.1) is 6.54 Å². The number of rotatable bonds is 5. The normalized spacial score (nSPS) is 16.5. The van der Waals surface area contributed by atoms with E-state index >= 15 is 0 Å². The lowest BCUT2D eigenvalue weighted by Crippen LogP contribution is -2.44. The number of amides is 1. The first-order valence-electron chi connectivity index (χ1n) is 8.52. The van der Waals surface area contributed by atoms with E-state index in [1.807, 2.05) is 30.3 Å².